The van der Waals surface area contributed by atoms with E-state index in [0.29, 0.717) is 11.0 Å². The molecule has 0 radical (unpaired) electrons. The maximum atomic E-state index is 2.71. The molecule has 138 valence electrons. The first-order valence-corrected chi connectivity index (χ1v) is 10.8. The van der Waals surface area contributed by atoms with Crippen LogP contribution >= 0.6 is 0 Å². The van der Waals surface area contributed by atoms with E-state index in [1.807, 2.05) is 0 Å². The fourth-order valence-corrected chi connectivity index (χ4v) is 8.50. The number of rotatable bonds is 0. The Bertz CT molecular complexity index is 510. The Morgan fingerprint density at radius 1 is 0.750 bits per heavy atom. The summed E-state index contributed by atoms with van der Waals surface area (Å²) in [4.78, 5) is 0. The van der Waals surface area contributed by atoms with Crippen molar-refractivity contribution in [2.24, 2.45) is 23.2 Å². The van der Waals surface area contributed by atoms with E-state index in [9.17, 15) is 0 Å². The van der Waals surface area contributed by atoms with Crippen molar-refractivity contribution in [1.29, 1.82) is 0 Å². The molecule has 2 heterocycles. The van der Waals surface area contributed by atoms with Gasteiger partial charge in [0.1, 0.15) is 0 Å². The minimum absolute atomic E-state index is 0.543. The molecule has 0 bridgehead atoms. The molecule has 4 aliphatic rings. The van der Waals surface area contributed by atoms with Crippen LogP contribution in [0.1, 0.15) is 65.2 Å². The number of hydrogen-bond acceptors (Lipinski definition) is 0. The van der Waals surface area contributed by atoms with E-state index < -0.39 is 0 Å². The SMILES string of the molecule is CC12CCC[N+](C)(C)C1CCC1C2CCC2(C)C1CCC[N+]2(C)C. The maximum absolute atomic E-state index is 2.71. The maximum Gasteiger partial charge on any atom is 0.0991 e. The molecule has 2 saturated heterocycles. The molecule has 2 heteroatoms. The van der Waals surface area contributed by atoms with Crippen LogP contribution in [-0.4, -0.2) is 61.8 Å². The molecular formula is C22H42N2+2. The fourth-order valence-electron chi connectivity index (χ4n) is 8.50. The van der Waals surface area contributed by atoms with Gasteiger partial charge in [0, 0.05) is 24.2 Å². The first kappa shape index (κ1) is 17.3. The van der Waals surface area contributed by atoms with Gasteiger partial charge in [-0.15, -0.1) is 0 Å². The van der Waals surface area contributed by atoms with Crippen LogP contribution in [-0.2, 0) is 0 Å². The minimum Gasteiger partial charge on any atom is -0.326 e. The summed E-state index contributed by atoms with van der Waals surface area (Å²) in [5.74, 6) is 3.00. The van der Waals surface area contributed by atoms with Crippen molar-refractivity contribution >= 4 is 0 Å². The van der Waals surface area contributed by atoms with E-state index in [1.165, 1.54) is 73.4 Å². The van der Waals surface area contributed by atoms with Crippen molar-refractivity contribution in [1.82, 2.24) is 0 Å². The van der Waals surface area contributed by atoms with Crippen LogP contribution in [0, 0.1) is 23.2 Å². The average molecular weight is 335 g/mol. The quantitative estimate of drug-likeness (QED) is 0.580. The van der Waals surface area contributed by atoms with E-state index in [2.05, 4.69) is 42.0 Å². The summed E-state index contributed by atoms with van der Waals surface area (Å²) in [5.41, 5.74) is 1.16. The lowest BCUT2D eigenvalue weighted by Crippen LogP contribution is -2.71. The average Bonchev–Trinajstić information content (AvgIpc) is 2.47. The Kier molecular flexibility index (Phi) is 3.77. The summed E-state index contributed by atoms with van der Waals surface area (Å²) in [5, 5.41) is 0. The van der Waals surface area contributed by atoms with Gasteiger partial charge in [0.25, 0.3) is 0 Å². The molecule has 0 amide bonds. The predicted octanol–water partition coefficient (Wildman–Crippen LogP) is 4.30. The molecule has 0 spiro atoms. The molecule has 4 fully saturated rings. The van der Waals surface area contributed by atoms with Gasteiger partial charge in [-0.2, -0.15) is 0 Å². The molecule has 2 saturated carbocycles. The number of quaternary nitrogens is 2. The van der Waals surface area contributed by atoms with Gasteiger partial charge in [-0.25, -0.2) is 0 Å². The molecule has 24 heavy (non-hydrogen) atoms. The largest absolute Gasteiger partial charge is 0.326 e. The molecule has 2 aliphatic carbocycles. The smallest absolute Gasteiger partial charge is 0.0991 e. The monoisotopic (exact) mass is 334 g/mol. The zero-order valence-corrected chi connectivity index (χ0v) is 17.3. The molecule has 0 aromatic rings. The molecule has 6 atom stereocenters. The van der Waals surface area contributed by atoms with Crippen LogP contribution in [0.5, 0.6) is 0 Å². The minimum atomic E-state index is 0.543. The highest BCUT2D eigenvalue weighted by Gasteiger charge is 2.64. The first-order chi connectivity index (χ1) is 11.1. The first-order valence-electron chi connectivity index (χ1n) is 10.8. The normalized spacial score (nSPS) is 52.8. The lowest BCUT2D eigenvalue weighted by atomic mass is 9.47. The summed E-state index contributed by atoms with van der Waals surface area (Å²) in [6.07, 6.45) is 11.9. The topological polar surface area (TPSA) is 0 Å². The second kappa shape index (κ2) is 5.22. The van der Waals surface area contributed by atoms with Crippen LogP contribution in [0.25, 0.3) is 0 Å². The Hall–Kier alpha value is -0.0800. The summed E-state index contributed by atoms with van der Waals surface area (Å²) >= 11 is 0. The van der Waals surface area contributed by atoms with Crippen LogP contribution in [0.4, 0.5) is 0 Å². The Morgan fingerprint density at radius 3 is 2.25 bits per heavy atom. The molecule has 6 unspecified atom stereocenters. The number of fused-ring (bicyclic) bond motifs is 5. The second-order valence-electron chi connectivity index (χ2n) is 11.5. The fraction of sp³-hybridized carbons (Fsp3) is 1.00. The molecule has 2 nitrogen and oxygen atoms in total. The summed E-state index contributed by atoms with van der Waals surface area (Å²) in [6.45, 7) is 8.17. The lowest BCUT2D eigenvalue weighted by Gasteiger charge is -2.66. The highest BCUT2D eigenvalue weighted by molar-refractivity contribution is 5.07. The van der Waals surface area contributed by atoms with Gasteiger partial charge in [0.2, 0.25) is 0 Å². The summed E-state index contributed by atoms with van der Waals surface area (Å²) in [6, 6.07) is 0.919. The van der Waals surface area contributed by atoms with Crippen molar-refractivity contribution in [2.75, 3.05) is 41.3 Å². The molecule has 4 rings (SSSR count). The third kappa shape index (κ3) is 2.14. The van der Waals surface area contributed by atoms with E-state index in [0.717, 1.165) is 23.8 Å². The van der Waals surface area contributed by atoms with Crippen LogP contribution in [0.15, 0.2) is 0 Å². The van der Waals surface area contributed by atoms with Gasteiger partial charge in [-0.3, -0.25) is 0 Å². The van der Waals surface area contributed by atoms with Gasteiger partial charge in [-0.05, 0) is 57.3 Å². The zero-order chi connectivity index (χ0) is 17.4. The van der Waals surface area contributed by atoms with Crippen molar-refractivity contribution in [3.05, 3.63) is 0 Å². The molecule has 2 aliphatic heterocycles. The van der Waals surface area contributed by atoms with E-state index in [-0.39, 0.29) is 0 Å². The zero-order valence-electron chi connectivity index (χ0n) is 17.3. The second-order valence-corrected chi connectivity index (χ2v) is 11.5. The van der Waals surface area contributed by atoms with Crippen molar-refractivity contribution in [2.45, 2.75) is 76.8 Å². The lowest BCUT2D eigenvalue weighted by molar-refractivity contribution is -0.953. The van der Waals surface area contributed by atoms with Gasteiger partial charge < -0.3 is 8.97 Å². The molecular weight excluding hydrogens is 292 g/mol. The molecule has 0 N–H and O–H groups in total. The molecule has 0 aromatic heterocycles. The van der Waals surface area contributed by atoms with Gasteiger partial charge in [0.15, 0.2) is 0 Å². The van der Waals surface area contributed by atoms with Crippen LogP contribution in [0.2, 0.25) is 0 Å². The Balaban J connectivity index is 1.68. The van der Waals surface area contributed by atoms with Crippen molar-refractivity contribution < 1.29 is 8.97 Å². The Labute approximate surface area is 150 Å². The highest BCUT2D eigenvalue weighted by atomic mass is 15.4. The Morgan fingerprint density at radius 2 is 1.50 bits per heavy atom. The summed E-state index contributed by atoms with van der Waals surface area (Å²) < 4.78 is 2.58. The molecule has 0 aromatic carbocycles. The predicted molar refractivity (Wildman–Crippen MR) is 102 cm³/mol. The number of piperidine rings is 2. The standard InChI is InChI=1S/C22H42N2/c1-21-13-8-15-23(3,4)20(21)11-10-17-18(21)12-14-22(2)19(17)9-7-16-24(22,5)6/h17-20H,7-16H2,1-6H3/q+2. The van der Waals surface area contributed by atoms with Crippen LogP contribution in [0.3, 0.4) is 0 Å². The third-order valence-corrected chi connectivity index (χ3v) is 10.1. The number of nitrogens with zero attached hydrogens (tertiary/aromatic N) is 2. The number of likely N-dealkylation sites (tertiary alicyclic amines) is 2. The van der Waals surface area contributed by atoms with Gasteiger partial charge >= 0.3 is 0 Å². The van der Waals surface area contributed by atoms with E-state index >= 15 is 0 Å². The highest BCUT2D eigenvalue weighted by Crippen LogP contribution is 2.62. The van der Waals surface area contributed by atoms with Crippen LogP contribution < -0.4 is 0 Å². The van der Waals surface area contributed by atoms with Gasteiger partial charge in [-0.1, -0.05) is 6.92 Å². The summed E-state index contributed by atoms with van der Waals surface area (Å²) in [7, 11) is 10.1. The van der Waals surface area contributed by atoms with E-state index in [1.54, 1.807) is 0 Å². The van der Waals surface area contributed by atoms with E-state index in [4.69, 9.17) is 0 Å². The van der Waals surface area contributed by atoms with Crippen molar-refractivity contribution in [3.63, 3.8) is 0 Å². The van der Waals surface area contributed by atoms with Crippen molar-refractivity contribution in [3.8, 4) is 0 Å². The third-order valence-electron chi connectivity index (χ3n) is 10.1. The van der Waals surface area contributed by atoms with Gasteiger partial charge in [0.05, 0.1) is 52.9 Å². The number of hydrogen-bond donors (Lipinski definition) is 0.